The fraction of sp³-hybridized carbons (Fsp3) is 0.105. The van der Waals surface area contributed by atoms with Crippen LogP contribution in [0.2, 0.25) is 15.1 Å². The molecule has 0 fully saturated rings. The van der Waals surface area contributed by atoms with E-state index in [-0.39, 0.29) is 17.4 Å². The van der Waals surface area contributed by atoms with Crippen molar-refractivity contribution in [3.05, 3.63) is 69.3 Å². The molecule has 0 unspecified atom stereocenters. The van der Waals surface area contributed by atoms with E-state index in [1.807, 2.05) is 0 Å². The van der Waals surface area contributed by atoms with Gasteiger partial charge in [-0.1, -0.05) is 52.1 Å². The van der Waals surface area contributed by atoms with Gasteiger partial charge in [0.2, 0.25) is 0 Å². The molecule has 0 aliphatic carbocycles. The van der Waals surface area contributed by atoms with Crippen LogP contribution in [-0.4, -0.2) is 23.4 Å². The number of ether oxygens (including phenoxy) is 1. The van der Waals surface area contributed by atoms with Crippen molar-refractivity contribution in [3.8, 4) is 17.1 Å². The largest absolute Gasteiger partial charge is 0.481 e. The Morgan fingerprint density at radius 2 is 1.89 bits per heavy atom. The van der Waals surface area contributed by atoms with Crippen molar-refractivity contribution in [1.29, 1.82) is 0 Å². The molecule has 1 aromatic heterocycles. The minimum atomic E-state index is -0.456. The fourth-order valence-electron chi connectivity index (χ4n) is 2.32. The van der Waals surface area contributed by atoms with Crippen molar-refractivity contribution in [2.45, 2.75) is 6.92 Å². The van der Waals surface area contributed by atoms with Gasteiger partial charge in [0, 0.05) is 16.1 Å². The molecule has 1 amide bonds. The van der Waals surface area contributed by atoms with Crippen molar-refractivity contribution in [2.24, 2.45) is 5.10 Å². The van der Waals surface area contributed by atoms with E-state index in [1.54, 1.807) is 43.3 Å². The number of benzene rings is 2. The molecule has 144 valence electrons. The second-order valence-corrected chi connectivity index (χ2v) is 6.95. The molecule has 0 spiro atoms. The Labute approximate surface area is 176 Å². The van der Waals surface area contributed by atoms with Gasteiger partial charge in [-0.05, 0) is 36.8 Å². The lowest BCUT2D eigenvalue weighted by atomic mass is 10.1. The highest BCUT2D eigenvalue weighted by atomic mass is 35.5. The van der Waals surface area contributed by atoms with Crippen LogP contribution in [0, 0.1) is 0 Å². The first-order chi connectivity index (χ1) is 13.4. The van der Waals surface area contributed by atoms with Crippen molar-refractivity contribution in [2.75, 3.05) is 6.61 Å². The molecule has 28 heavy (non-hydrogen) atoms. The van der Waals surface area contributed by atoms with Gasteiger partial charge >= 0.3 is 0 Å². The summed E-state index contributed by atoms with van der Waals surface area (Å²) in [5, 5.41) is 8.98. The van der Waals surface area contributed by atoms with Crippen molar-refractivity contribution in [1.82, 2.24) is 10.6 Å². The molecule has 0 saturated carbocycles. The fourth-order valence-corrected chi connectivity index (χ4v) is 2.99. The molecular weight excluding hydrogens is 425 g/mol. The number of carbonyl (C=O) groups excluding carboxylic acids is 1. The molecule has 3 rings (SSSR count). The highest BCUT2D eigenvalue weighted by Gasteiger charge is 2.16. The van der Waals surface area contributed by atoms with Gasteiger partial charge in [0.1, 0.15) is 5.75 Å². The molecule has 1 heterocycles. The second kappa shape index (κ2) is 9.10. The first kappa shape index (κ1) is 20.2. The zero-order valence-corrected chi connectivity index (χ0v) is 16.8. The van der Waals surface area contributed by atoms with E-state index in [4.69, 9.17) is 44.1 Å². The lowest BCUT2D eigenvalue weighted by molar-refractivity contribution is -0.123. The summed E-state index contributed by atoms with van der Waals surface area (Å²) >= 11 is 18.1. The van der Waals surface area contributed by atoms with Gasteiger partial charge in [0.15, 0.2) is 12.4 Å². The number of carbonyl (C=O) groups is 1. The number of amides is 1. The first-order valence-electron chi connectivity index (χ1n) is 8.06. The molecule has 0 radical (unpaired) electrons. The van der Waals surface area contributed by atoms with Crippen LogP contribution in [0.5, 0.6) is 5.75 Å². The molecule has 0 bridgehead atoms. The summed E-state index contributed by atoms with van der Waals surface area (Å²) in [5.41, 5.74) is 4.38. The number of hydrogen-bond acceptors (Lipinski definition) is 5. The third kappa shape index (κ3) is 5.04. The minimum Gasteiger partial charge on any atom is -0.481 e. The van der Waals surface area contributed by atoms with Crippen LogP contribution in [0.4, 0.5) is 0 Å². The highest BCUT2D eigenvalue weighted by molar-refractivity contribution is 6.36. The summed E-state index contributed by atoms with van der Waals surface area (Å²) in [6.45, 7) is 1.46. The maximum Gasteiger partial charge on any atom is 0.277 e. The molecule has 1 N–H and O–H groups in total. The number of aromatic nitrogens is 1. The van der Waals surface area contributed by atoms with Gasteiger partial charge in [0.25, 0.3) is 5.91 Å². The van der Waals surface area contributed by atoms with Crippen LogP contribution in [-0.2, 0) is 4.79 Å². The van der Waals surface area contributed by atoms with Crippen molar-refractivity contribution >= 4 is 46.4 Å². The monoisotopic (exact) mass is 437 g/mol. The minimum absolute atomic E-state index is 0.243. The Kier molecular flexibility index (Phi) is 6.57. The van der Waals surface area contributed by atoms with Gasteiger partial charge in [-0.15, -0.1) is 0 Å². The molecule has 0 saturated heterocycles. The summed E-state index contributed by atoms with van der Waals surface area (Å²) in [6.07, 6.45) is 1.48. The van der Waals surface area contributed by atoms with Crippen LogP contribution >= 0.6 is 34.8 Å². The van der Waals surface area contributed by atoms with E-state index in [9.17, 15) is 4.79 Å². The summed E-state index contributed by atoms with van der Waals surface area (Å²) in [6, 6.07) is 11.9. The standard InChI is InChI=1S/C19H14Cl3N3O3/c1-11(12-2-4-13(20)5-3-12)24-25-18(26)10-27-19-15(17-6-7-23-28-17)8-14(21)9-16(19)22/h2-9H,10H2,1H3,(H,25,26)/b24-11-. The second-order valence-electron chi connectivity index (χ2n) is 5.67. The zero-order valence-electron chi connectivity index (χ0n) is 14.6. The van der Waals surface area contributed by atoms with Crippen LogP contribution in [0.1, 0.15) is 12.5 Å². The third-order valence-electron chi connectivity index (χ3n) is 3.67. The molecule has 2 aromatic carbocycles. The predicted molar refractivity (Wildman–Crippen MR) is 109 cm³/mol. The number of nitrogens with zero attached hydrogens (tertiary/aromatic N) is 2. The topological polar surface area (TPSA) is 76.7 Å². The van der Waals surface area contributed by atoms with Crippen LogP contribution < -0.4 is 10.2 Å². The van der Waals surface area contributed by atoms with E-state index in [0.717, 1.165) is 5.56 Å². The summed E-state index contributed by atoms with van der Waals surface area (Å²) in [7, 11) is 0. The number of hydrazone groups is 1. The third-order valence-corrected chi connectivity index (χ3v) is 4.42. The summed E-state index contributed by atoms with van der Waals surface area (Å²) in [5.74, 6) is 0.218. The lowest BCUT2D eigenvalue weighted by Gasteiger charge is -2.11. The Morgan fingerprint density at radius 3 is 2.57 bits per heavy atom. The SMILES string of the molecule is C/C(=N/NC(=O)COc1c(Cl)cc(Cl)cc1-c1ccno1)c1ccc(Cl)cc1. The maximum atomic E-state index is 12.1. The molecular formula is C19H14Cl3N3O3. The van der Waals surface area contributed by atoms with Gasteiger partial charge in [0.05, 0.1) is 22.5 Å². The first-order valence-corrected chi connectivity index (χ1v) is 9.19. The van der Waals surface area contributed by atoms with Crippen LogP contribution in [0.3, 0.4) is 0 Å². The van der Waals surface area contributed by atoms with E-state index in [0.29, 0.717) is 27.1 Å². The highest BCUT2D eigenvalue weighted by Crippen LogP contribution is 2.38. The van der Waals surface area contributed by atoms with Crippen LogP contribution in [0.15, 0.2) is 58.3 Å². The Hall–Kier alpha value is -2.54. The summed E-state index contributed by atoms with van der Waals surface area (Å²) in [4.78, 5) is 12.1. The van der Waals surface area contributed by atoms with Gasteiger partial charge in [-0.3, -0.25) is 4.79 Å². The molecule has 0 aliphatic rings. The van der Waals surface area contributed by atoms with Crippen molar-refractivity contribution in [3.63, 3.8) is 0 Å². The zero-order chi connectivity index (χ0) is 20.1. The van der Waals surface area contributed by atoms with Gasteiger partial charge in [-0.2, -0.15) is 5.10 Å². The normalized spacial score (nSPS) is 11.4. The Balaban J connectivity index is 1.68. The van der Waals surface area contributed by atoms with Gasteiger partial charge < -0.3 is 9.26 Å². The smallest absolute Gasteiger partial charge is 0.277 e. The molecule has 0 aliphatic heterocycles. The van der Waals surface area contributed by atoms with Crippen LogP contribution in [0.25, 0.3) is 11.3 Å². The molecule has 0 atom stereocenters. The number of halogens is 3. The number of nitrogens with one attached hydrogen (secondary N) is 1. The average Bonchev–Trinajstić information content (AvgIpc) is 3.20. The van der Waals surface area contributed by atoms with Gasteiger partial charge in [-0.25, -0.2) is 5.43 Å². The number of rotatable bonds is 6. The molecule has 6 nitrogen and oxygen atoms in total. The van der Waals surface area contributed by atoms with E-state index in [1.165, 1.54) is 12.3 Å². The van der Waals surface area contributed by atoms with E-state index >= 15 is 0 Å². The van der Waals surface area contributed by atoms with Crippen molar-refractivity contribution < 1.29 is 14.1 Å². The molecule has 9 heteroatoms. The lowest BCUT2D eigenvalue weighted by Crippen LogP contribution is -2.25. The quantitative estimate of drug-likeness (QED) is 0.423. The average molecular weight is 439 g/mol. The molecule has 3 aromatic rings. The Morgan fingerprint density at radius 1 is 1.14 bits per heavy atom. The van der Waals surface area contributed by atoms with E-state index in [2.05, 4.69) is 15.7 Å². The predicted octanol–water partition coefficient (Wildman–Crippen LogP) is 5.22. The number of hydrogen-bond donors (Lipinski definition) is 1. The maximum absolute atomic E-state index is 12.1. The van der Waals surface area contributed by atoms with E-state index < -0.39 is 5.91 Å². The Bertz CT molecular complexity index is 1000. The summed E-state index contributed by atoms with van der Waals surface area (Å²) < 4.78 is 10.7.